The summed E-state index contributed by atoms with van der Waals surface area (Å²) in [5, 5.41) is 11.4. The van der Waals surface area contributed by atoms with Crippen LogP contribution in [0.2, 0.25) is 0 Å². The van der Waals surface area contributed by atoms with Crippen LogP contribution in [0, 0.1) is 11.8 Å². The molecular formula is C24H37N3O4. The van der Waals surface area contributed by atoms with Gasteiger partial charge < -0.3 is 25.9 Å². The molecule has 7 nitrogen and oxygen atoms in total. The number of hydrogen-bond donors (Lipinski definition) is 3. The van der Waals surface area contributed by atoms with Gasteiger partial charge in [0.25, 0.3) is 0 Å². The first-order valence-electron chi connectivity index (χ1n) is 11.3. The average Bonchev–Trinajstić information content (AvgIpc) is 2.73. The molecule has 0 bridgehead atoms. The van der Waals surface area contributed by atoms with Gasteiger partial charge in [0.1, 0.15) is 6.29 Å². The smallest absolute Gasteiger partial charge is 0.307 e. The van der Waals surface area contributed by atoms with E-state index in [-0.39, 0.29) is 18.4 Å². The fourth-order valence-electron chi connectivity index (χ4n) is 4.27. The molecule has 2 aliphatic rings. The molecule has 2 saturated carbocycles. The van der Waals surface area contributed by atoms with Crippen molar-refractivity contribution in [3.63, 3.8) is 0 Å². The zero-order valence-corrected chi connectivity index (χ0v) is 18.8. The Morgan fingerprint density at radius 1 is 1.16 bits per heavy atom. The maximum absolute atomic E-state index is 12.3. The van der Waals surface area contributed by atoms with Crippen molar-refractivity contribution in [3.05, 3.63) is 29.8 Å². The van der Waals surface area contributed by atoms with E-state index in [1.807, 2.05) is 31.1 Å². The van der Waals surface area contributed by atoms with Gasteiger partial charge in [0.05, 0.1) is 12.5 Å². The molecule has 0 heterocycles. The van der Waals surface area contributed by atoms with E-state index in [1.54, 1.807) is 12.1 Å². The minimum Gasteiger partial charge on any atom is -0.481 e. The number of nitrogens with one attached hydrogen (secondary N) is 1. The third kappa shape index (κ3) is 7.65. The summed E-state index contributed by atoms with van der Waals surface area (Å²) in [7, 11) is 3.72. The first-order valence-corrected chi connectivity index (χ1v) is 11.3. The Morgan fingerprint density at radius 2 is 1.77 bits per heavy atom. The number of hydrogen-bond acceptors (Lipinski definition) is 5. The van der Waals surface area contributed by atoms with E-state index in [1.165, 1.54) is 6.42 Å². The molecule has 3 rings (SSSR count). The van der Waals surface area contributed by atoms with Crippen molar-refractivity contribution in [2.75, 3.05) is 19.4 Å². The van der Waals surface area contributed by atoms with Gasteiger partial charge in [0, 0.05) is 32.2 Å². The van der Waals surface area contributed by atoms with Crippen molar-refractivity contribution in [1.29, 1.82) is 0 Å². The lowest BCUT2D eigenvalue weighted by Crippen LogP contribution is -2.52. The van der Waals surface area contributed by atoms with Crippen LogP contribution in [0.25, 0.3) is 0 Å². The standard InChI is InChI=1S/C15H26N2O2.C9H11NO2/c1-17(13-3-2-4-13)15(19)14(16)12-7-5-11(6-8-12)9-10-18;1-10-8-4-2-7(3-5-8)6-9(11)12/h10-14H,2-9,16H2,1H3;2-5,10H,6H2,1H3,(H,11,12)/t11?,12?,14-;/m0./s1. The summed E-state index contributed by atoms with van der Waals surface area (Å²) in [5.41, 5.74) is 7.98. The van der Waals surface area contributed by atoms with Crippen LogP contribution in [0.15, 0.2) is 24.3 Å². The lowest BCUT2D eigenvalue weighted by atomic mass is 9.77. The fourth-order valence-corrected chi connectivity index (χ4v) is 4.27. The highest BCUT2D eigenvalue weighted by Crippen LogP contribution is 2.33. The van der Waals surface area contributed by atoms with E-state index in [0.29, 0.717) is 24.3 Å². The highest BCUT2D eigenvalue weighted by Gasteiger charge is 2.34. The summed E-state index contributed by atoms with van der Waals surface area (Å²) >= 11 is 0. The number of carboxylic acids is 1. The van der Waals surface area contributed by atoms with Crippen molar-refractivity contribution in [1.82, 2.24) is 4.90 Å². The molecule has 1 aromatic rings. The summed E-state index contributed by atoms with van der Waals surface area (Å²) in [6.07, 6.45) is 9.31. The van der Waals surface area contributed by atoms with Gasteiger partial charge in [0.15, 0.2) is 0 Å². The minimum atomic E-state index is -0.799. The van der Waals surface area contributed by atoms with Gasteiger partial charge in [-0.15, -0.1) is 0 Å². The van der Waals surface area contributed by atoms with Crippen LogP contribution in [0.1, 0.15) is 56.9 Å². The predicted molar refractivity (Wildman–Crippen MR) is 122 cm³/mol. The first kappa shape index (κ1) is 24.9. The number of likely N-dealkylation sites (N-methyl/N-ethyl adjacent to an activating group) is 1. The number of nitrogens with zero attached hydrogens (tertiary/aromatic N) is 1. The van der Waals surface area contributed by atoms with E-state index in [2.05, 4.69) is 5.32 Å². The second-order valence-electron chi connectivity index (χ2n) is 8.76. The number of benzene rings is 1. The molecule has 0 aliphatic heterocycles. The molecule has 0 unspecified atom stereocenters. The number of amides is 1. The number of carbonyl (C=O) groups is 3. The molecule has 0 aromatic heterocycles. The van der Waals surface area contributed by atoms with Crippen LogP contribution >= 0.6 is 0 Å². The minimum absolute atomic E-state index is 0.0873. The zero-order chi connectivity index (χ0) is 22.8. The average molecular weight is 432 g/mol. The molecule has 1 atom stereocenters. The quantitative estimate of drug-likeness (QED) is 0.545. The Labute approximate surface area is 185 Å². The number of anilines is 1. The Morgan fingerprint density at radius 3 is 2.23 bits per heavy atom. The van der Waals surface area contributed by atoms with E-state index in [0.717, 1.165) is 56.1 Å². The van der Waals surface area contributed by atoms with Crippen molar-refractivity contribution < 1.29 is 19.5 Å². The Bertz CT molecular complexity index is 710. The molecule has 7 heteroatoms. The van der Waals surface area contributed by atoms with Gasteiger partial charge in [-0.25, -0.2) is 0 Å². The maximum atomic E-state index is 12.3. The van der Waals surface area contributed by atoms with Gasteiger partial charge in [-0.05, 0) is 74.5 Å². The Hall–Kier alpha value is -2.41. The monoisotopic (exact) mass is 431 g/mol. The first-order chi connectivity index (χ1) is 14.8. The Balaban J connectivity index is 0.000000245. The number of aldehydes is 1. The Kier molecular flexibility index (Phi) is 9.98. The summed E-state index contributed by atoms with van der Waals surface area (Å²) in [6.45, 7) is 0. The van der Waals surface area contributed by atoms with Crippen LogP contribution in [0.5, 0.6) is 0 Å². The van der Waals surface area contributed by atoms with Gasteiger partial charge in [-0.1, -0.05) is 12.1 Å². The van der Waals surface area contributed by atoms with Crippen molar-refractivity contribution >= 4 is 23.9 Å². The molecule has 2 fully saturated rings. The van der Waals surface area contributed by atoms with E-state index < -0.39 is 5.97 Å². The van der Waals surface area contributed by atoms with Crippen LogP contribution in [-0.2, 0) is 20.8 Å². The second kappa shape index (κ2) is 12.4. The summed E-state index contributed by atoms with van der Waals surface area (Å²) < 4.78 is 0. The van der Waals surface area contributed by atoms with E-state index in [9.17, 15) is 14.4 Å². The van der Waals surface area contributed by atoms with Crippen molar-refractivity contribution in [2.24, 2.45) is 17.6 Å². The predicted octanol–water partition coefficient (Wildman–Crippen LogP) is 3.08. The maximum Gasteiger partial charge on any atom is 0.307 e. The topological polar surface area (TPSA) is 113 Å². The molecular weight excluding hydrogens is 394 g/mol. The fraction of sp³-hybridized carbons (Fsp3) is 0.625. The molecule has 2 aliphatic carbocycles. The summed E-state index contributed by atoms with van der Waals surface area (Å²) in [6, 6.07) is 7.41. The van der Waals surface area contributed by atoms with Gasteiger partial charge in [-0.3, -0.25) is 9.59 Å². The van der Waals surface area contributed by atoms with Gasteiger partial charge in [-0.2, -0.15) is 0 Å². The molecule has 172 valence electrons. The number of aliphatic carboxylic acids is 1. The lowest BCUT2D eigenvalue weighted by molar-refractivity contribution is -0.137. The molecule has 1 amide bonds. The number of carboxylic acid groups (broad SMARTS) is 1. The van der Waals surface area contributed by atoms with Gasteiger partial charge in [0.2, 0.25) is 5.91 Å². The SMILES string of the molecule is CN(C(=O)[C@@H](N)C1CCC(CC=O)CC1)C1CCC1.CNc1ccc(CC(=O)O)cc1. The largest absolute Gasteiger partial charge is 0.481 e. The third-order valence-corrected chi connectivity index (χ3v) is 6.68. The molecule has 0 spiro atoms. The highest BCUT2D eigenvalue weighted by atomic mass is 16.4. The molecule has 0 radical (unpaired) electrons. The van der Waals surface area contributed by atoms with Crippen molar-refractivity contribution in [2.45, 2.75) is 69.9 Å². The zero-order valence-electron chi connectivity index (χ0n) is 18.8. The normalized spacial score (nSPS) is 21.6. The molecule has 4 N–H and O–H groups in total. The lowest BCUT2D eigenvalue weighted by Gasteiger charge is -2.38. The third-order valence-electron chi connectivity index (χ3n) is 6.68. The second-order valence-corrected chi connectivity index (χ2v) is 8.76. The molecule has 31 heavy (non-hydrogen) atoms. The molecule has 1 aromatic carbocycles. The van der Waals surface area contributed by atoms with E-state index >= 15 is 0 Å². The highest BCUT2D eigenvalue weighted by molar-refractivity contribution is 5.82. The summed E-state index contributed by atoms with van der Waals surface area (Å²) in [5.74, 6) is 0.133. The number of nitrogens with two attached hydrogens (primary N) is 1. The van der Waals surface area contributed by atoms with Crippen LogP contribution < -0.4 is 11.1 Å². The summed E-state index contributed by atoms with van der Waals surface area (Å²) in [4.78, 5) is 35.0. The molecule has 0 saturated heterocycles. The van der Waals surface area contributed by atoms with Crippen LogP contribution in [-0.4, -0.2) is 54.3 Å². The van der Waals surface area contributed by atoms with Crippen molar-refractivity contribution in [3.8, 4) is 0 Å². The van der Waals surface area contributed by atoms with Crippen LogP contribution in [0.4, 0.5) is 5.69 Å². The van der Waals surface area contributed by atoms with Gasteiger partial charge >= 0.3 is 5.97 Å². The van der Waals surface area contributed by atoms with E-state index in [4.69, 9.17) is 10.8 Å². The number of rotatable bonds is 8. The van der Waals surface area contributed by atoms with Crippen LogP contribution in [0.3, 0.4) is 0 Å². The number of carbonyl (C=O) groups excluding carboxylic acids is 2.